The summed E-state index contributed by atoms with van der Waals surface area (Å²) in [6, 6.07) is 0. The molecule has 2 heterocycles. The van der Waals surface area contributed by atoms with E-state index >= 15 is 0 Å². The van der Waals surface area contributed by atoms with Gasteiger partial charge in [-0.15, -0.1) is 24.0 Å². The predicted octanol–water partition coefficient (Wildman–Crippen LogP) is 0.812. The van der Waals surface area contributed by atoms with E-state index in [1.807, 2.05) is 11.8 Å². The molecule has 22 heavy (non-hydrogen) atoms. The van der Waals surface area contributed by atoms with Crippen molar-refractivity contribution in [2.45, 2.75) is 20.4 Å². The van der Waals surface area contributed by atoms with Crippen molar-refractivity contribution in [1.29, 1.82) is 0 Å². The number of hydrogen-bond donors (Lipinski definition) is 1. The molecule has 1 aliphatic rings. The molecule has 1 aromatic rings. The second-order valence-electron chi connectivity index (χ2n) is 5.14. The van der Waals surface area contributed by atoms with Crippen molar-refractivity contribution in [3.05, 3.63) is 11.7 Å². The topological polar surface area (TPSA) is 92.9 Å². The molecule has 1 fully saturated rings. The quantitative estimate of drug-likeness (QED) is 0.333. The summed E-state index contributed by atoms with van der Waals surface area (Å²) in [5, 5.41) is 7.00. The maximum absolute atomic E-state index is 11.7. The monoisotopic (exact) mass is 423 g/mol. The summed E-state index contributed by atoms with van der Waals surface area (Å²) in [7, 11) is 3.13. The minimum absolute atomic E-state index is 0. The van der Waals surface area contributed by atoms with E-state index < -0.39 is 0 Å². The van der Waals surface area contributed by atoms with Crippen LogP contribution in [-0.2, 0) is 16.1 Å². The van der Waals surface area contributed by atoms with Gasteiger partial charge < -0.3 is 19.5 Å². The number of carbonyl (C=O) groups is 1. The first-order valence-electron chi connectivity index (χ1n) is 6.87. The summed E-state index contributed by atoms with van der Waals surface area (Å²) < 4.78 is 9.76. The third-order valence-electron chi connectivity index (χ3n) is 3.60. The number of esters is 1. The van der Waals surface area contributed by atoms with Gasteiger partial charge in [0.25, 0.3) is 0 Å². The van der Waals surface area contributed by atoms with Crippen LogP contribution in [0.25, 0.3) is 0 Å². The van der Waals surface area contributed by atoms with Crippen LogP contribution in [0.3, 0.4) is 0 Å². The van der Waals surface area contributed by atoms with Gasteiger partial charge in [0, 0.05) is 27.1 Å². The van der Waals surface area contributed by atoms with Crippen molar-refractivity contribution in [3.63, 3.8) is 0 Å². The van der Waals surface area contributed by atoms with Crippen molar-refractivity contribution < 1.29 is 14.1 Å². The minimum atomic E-state index is -0.172. The van der Waals surface area contributed by atoms with Crippen LogP contribution in [0.15, 0.2) is 9.52 Å². The first kappa shape index (κ1) is 18.7. The molecule has 1 N–H and O–H groups in total. The lowest BCUT2D eigenvalue weighted by Gasteiger charge is -2.20. The van der Waals surface area contributed by atoms with Gasteiger partial charge in [-0.1, -0.05) is 12.1 Å². The average Bonchev–Trinajstić information content (AvgIpc) is 3.05. The number of hydrogen-bond acceptors (Lipinski definition) is 6. The molecule has 8 nitrogen and oxygen atoms in total. The molecular formula is C13H22IN5O3. The van der Waals surface area contributed by atoms with Gasteiger partial charge in [0.15, 0.2) is 11.8 Å². The number of aryl methyl sites for hydroxylation is 1. The van der Waals surface area contributed by atoms with Crippen LogP contribution >= 0.6 is 24.0 Å². The SMILES string of the molecule is CN=C(NCc1noc(C)n1)N1CC(C)C(C(=O)OC)C1.I. The zero-order valence-corrected chi connectivity index (χ0v) is 15.5. The van der Waals surface area contributed by atoms with E-state index in [1.54, 1.807) is 14.0 Å². The molecule has 124 valence electrons. The van der Waals surface area contributed by atoms with Crippen LogP contribution in [-0.4, -0.2) is 54.2 Å². The van der Waals surface area contributed by atoms with E-state index in [1.165, 1.54) is 7.11 Å². The molecule has 0 radical (unpaired) electrons. The normalized spacial score (nSPS) is 21.5. The third-order valence-corrected chi connectivity index (χ3v) is 3.60. The van der Waals surface area contributed by atoms with Gasteiger partial charge in [0.05, 0.1) is 19.6 Å². The van der Waals surface area contributed by atoms with Crippen LogP contribution in [0.2, 0.25) is 0 Å². The first-order chi connectivity index (χ1) is 10.0. The maximum atomic E-state index is 11.7. The molecule has 0 amide bonds. The Labute approximate surface area is 146 Å². The number of carbonyl (C=O) groups excluding carboxylic acids is 1. The Morgan fingerprint density at radius 3 is 2.82 bits per heavy atom. The number of nitrogens with one attached hydrogen (secondary N) is 1. The van der Waals surface area contributed by atoms with E-state index in [4.69, 9.17) is 9.26 Å². The summed E-state index contributed by atoms with van der Waals surface area (Å²) in [5.41, 5.74) is 0. The van der Waals surface area contributed by atoms with Crippen LogP contribution in [0.5, 0.6) is 0 Å². The Morgan fingerprint density at radius 1 is 1.55 bits per heavy atom. The van der Waals surface area contributed by atoms with E-state index in [0.717, 1.165) is 12.5 Å². The molecule has 0 spiro atoms. The van der Waals surface area contributed by atoms with Gasteiger partial charge in [-0.2, -0.15) is 4.98 Å². The van der Waals surface area contributed by atoms with E-state index in [2.05, 4.69) is 20.4 Å². The minimum Gasteiger partial charge on any atom is -0.469 e. The molecule has 1 saturated heterocycles. The summed E-state index contributed by atoms with van der Waals surface area (Å²) in [6.07, 6.45) is 0. The molecule has 0 aliphatic carbocycles. The molecule has 0 bridgehead atoms. The van der Waals surface area contributed by atoms with Crippen molar-refractivity contribution in [2.75, 3.05) is 27.2 Å². The number of likely N-dealkylation sites (tertiary alicyclic amines) is 1. The average molecular weight is 423 g/mol. The number of halogens is 1. The Morgan fingerprint density at radius 2 is 2.27 bits per heavy atom. The largest absolute Gasteiger partial charge is 0.469 e. The highest BCUT2D eigenvalue weighted by atomic mass is 127. The number of aromatic nitrogens is 2. The van der Waals surface area contributed by atoms with Crippen LogP contribution < -0.4 is 5.32 Å². The fourth-order valence-corrected chi connectivity index (χ4v) is 2.50. The number of nitrogens with zero attached hydrogens (tertiary/aromatic N) is 4. The van der Waals surface area contributed by atoms with Crippen molar-refractivity contribution >= 4 is 35.9 Å². The van der Waals surface area contributed by atoms with Crippen molar-refractivity contribution in [1.82, 2.24) is 20.4 Å². The lowest BCUT2D eigenvalue weighted by atomic mass is 9.99. The lowest BCUT2D eigenvalue weighted by molar-refractivity contribution is -0.145. The van der Waals surface area contributed by atoms with Gasteiger partial charge in [0.1, 0.15) is 0 Å². The summed E-state index contributed by atoms with van der Waals surface area (Å²) in [6.45, 7) is 5.56. The third kappa shape index (κ3) is 4.31. The smallest absolute Gasteiger partial charge is 0.310 e. The summed E-state index contributed by atoms with van der Waals surface area (Å²) in [5.74, 6) is 1.75. The highest BCUT2D eigenvalue weighted by Crippen LogP contribution is 2.24. The molecule has 2 rings (SSSR count). The number of rotatable bonds is 3. The van der Waals surface area contributed by atoms with Gasteiger partial charge in [-0.25, -0.2) is 0 Å². The highest BCUT2D eigenvalue weighted by Gasteiger charge is 2.36. The molecule has 1 aromatic heterocycles. The predicted molar refractivity (Wildman–Crippen MR) is 90.9 cm³/mol. The first-order valence-corrected chi connectivity index (χ1v) is 6.87. The lowest BCUT2D eigenvalue weighted by Crippen LogP contribution is -2.40. The molecular weight excluding hydrogens is 401 g/mol. The molecule has 1 aliphatic heterocycles. The van der Waals surface area contributed by atoms with Gasteiger partial charge in [-0.3, -0.25) is 9.79 Å². The zero-order chi connectivity index (χ0) is 15.4. The number of guanidine groups is 1. The standard InChI is InChI=1S/C13H21N5O3.HI/c1-8-6-18(7-10(8)12(19)20-4)13(14-3)15-5-11-16-9(2)21-17-11;/h8,10H,5-7H2,1-4H3,(H,14,15);1H. The second-order valence-corrected chi connectivity index (χ2v) is 5.14. The highest BCUT2D eigenvalue weighted by molar-refractivity contribution is 14.0. The maximum Gasteiger partial charge on any atom is 0.310 e. The fraction of sp³-hybridized carbons (Fsp3) is 0.692. The van der Waals surface area contributed by atoms with Crippen molar-refractivity contribution in [2.24, 2.45) is 16.8 Å². The number of ether oxygens (including phenoxy) is 1. The van der Waals surface area contributed by atoms with E-state index in [9.17, 15) is 4.79 Å². The summed E-state index contributed by atoms with van der Waals surface area (Å²) in [4.78, 5) is 22.1. The van der Waals surface area contributed by atoms with Crippen LogP contribution in [0.1, 0.15) is 18.6 Å². The van der Waals surface area contributed by atoms with Gasteiger partial charge in [0.2, 0.25) is 5.89 Å². The van der Waals surface area contributed by atoms with Crippen LogP contribution in [0, 0.1) is 18.8 Å². The molecule has 2 atom stereocenters. The van der Waals surface area contributed by atoms with Gasteiger partial charge in [-0.05, 0) is 5.92 Å². The Hall–Kier alpha value is -1.39. The van der Waals surface area contributed by atoms with Crippen LogP contribution in [0.4, 0.5) is 0 Å². The molecule has 0 saturated carbocycles. The second kappa shape index (κ2) is 8.30. The van der Waals surface area contributed by atoms with Crippen molar-refractivity contribution in [3.8, 4) is 0 Å². The molecule has 0 aromatic carbocycles. The van der Waals surface area contributed by atoms with E-state index in [-0.39, 0.29) is 41.8 Å². The zero-order valence-electron chi connectivity index (χ0n) is 13.2. The number of methoxy groups -OCH3 is 1. The Balaban J connectivity index is 0.00000242. The Bertz CT molecular complexity index is 534. The fourth-order valence-electron chi connectivity index (χ4n) is 2.50. The molecule has 2 unspecified atom stereocenters. The number of aliphatic imine (C=N–C) groups is 1. The summed E-state index contributed by atoms with van der Waals surface area (Å²) >= 11 is 0. The van der Waals surface area contributed by atoms with Gasteiger partial charge >= 0.3 is 5.97 Å². The molecule has 9 heteroatoms. The Kier molecular flexibility index (Phi) is 7.04. The van der Waals surface area contributed by atoms with E-state index in [0.29, 0.717) is 24.8 Å².